The molecule has 0 aromatic carbocycles. The van der Waals surface area contributed by atoms with Gasteiger partial charge < -0.3 is 10.1 Å². The molecule has 0 aromatic rings. The monoisotopic (exact) mass is 307 g/mol. The number of ether oxygens (including phenoxy) is 1. The third-order valence-electron chi connectivity index (χ3n) is 4.70. The van der Waals surface area contributed by atoms with Crippen molar-refractivity contribution in [3.05, 3.63) is 24.4 Å². The summed E-state index contributed by atoms with van der Waals surface area (Å²) in [5, 5.41) is 3.24. The molecule has 1 atom stereocenters. The first-order chi connectivity index (χ1) is 10.8. The molecule has 1 rings (SSSR count). The van der Waals surface area contributed by atoms with Crippen LogP contribution in [0.4, 0.5) is 0 Å². The molecule has 0 aliphatic carbocycles. The Morgan fingerprint density at radius 2 is 1.45 bits per heavy atom. The van der Waals surface area contributed by atoms with Crippen LogP contribution < -0.4 is 5.32 Å². The molecule has 0 bridgehead atoms. The van der Waals surface area contributed by atoms with Crippen LogP contribution in [0, 0.1) is 5.92 Å². The van der Waals surface area contributed by atoms with E-state index < -0.39 is 0 Å². The molecule has 1 N–H and O–H groups in total. The van der Waals surface area contributed by atoms with Crippen LogP contribution in [0.3, 0.4) is 0 Å². The van der Waals surface area contributed by atoms with Gasteiger partial charge in [-0.1, -0.05) is 84.5 Å². The quantitative estimate of drug-likeness (QED) is 0.363. The van der Waals surface area contributed by atoms with Crippen molar-refractivity contribution in [1.82, 2.24) is 5.32 Å². The van der Waals surface area contributed by atoms with Gasteiger partial charge in [0.2, 0.25) is 0 Å². The summed E-state index contributed by atoms with van der Waals surface area (Å²) in [6.45, 7) is 8.34. The van der Waals surface area contributed by atoms with E-state index in [1.54, 1.807) is 0 Å². The minimum absolute atomic E-state index is 0.609. The Morgan fingerprint density at radius 1 is 0.909 bits per heavy atom. The number of nitrogens with one attached hydrogen (secondary N) is 1. The van der Waals surface area contributed by atoms with Crippen LogP contribution in [0.1, 0.15) is 97.3 Å². The second-order valence-electron chi connectivity index (χ2n) is 6.67. The van der Waals surface area contributed by atoms with Gasteiger partial charge in [-0.25, -0.2) is 0 Å². The van der Waals surface area contributed by atoms with Gasteiger partial charge >= 0.3 is 0 Å². The minimum atomic E-state index is 0.609. The van der Waals surface area contributed by atoms with Crippen LogP contribution >= 0.6 is 0 Å². The third-order valence-corrected chi connectivity index (χ3v) is 4.70. The van der Waals surface area contributed by atoms with E-state index in [1.807, 2.05) is 6.26 Å². The number of hydrogen-bond donors (Lipinski definition) is 1. The van der Waals surface area contributed by atoms with Gasteiger partial charge in [0, 0.05) is 5.92 Å². The van der Waals surface area contributed by atoms with Gasteiger partial charge in [-0.15, -0.1) is 0 Å². The summed E-state index contributed by atoms with van der Waals surface area (Å²) in [4.78, 5) is 0. The molecule has 0 saturated heterocycles. The molecule has 0 fully saturated rings. The van der Waals surface area contributed by atoms with Gasteiger partial charge in [0.1, 0.15) is 6.26 Å². The van der Waals surface area contributed by atoms with E-state index in [4.69, 9.17) is 4.74 Å². The summed E-state index contributed by atoms with van der Waals surface area (Å²) in [5.74, 6) is 1.28. The lowest BCUT2D eigenvalue weighted by molar-refractivity contribution is 0.359. The van der Waals surface area contributed by atoms with Crippen LogP contribution in [0.25, 0.3) is 0 Å². The van der Waals surface area contributed by atoms with Crippen molar-refractivity contribution in [2.75, 3.05) is 0 Å². The second kappa shape index (κ2) is 12.6. The van der Waals surface area contributed by atoms with Gasteiger partial charge in [0.15, 0.2) is 5.88 Å². The van der Waals surface area contributed by atoms with Gasteiger partial charge in [0.25, 0.3) is 0 Å². The number of hydrogen-bond acceptors (Lipinski definition) is 2. The minimum Gasteiger partial charge on any atom is -0.448 e. The zero-order valence-electron chi connectivity index (χ0n) is 15.0. The zero-order valence-corrected chi connectivity index (χ0v) is 15.0. The lowest BCUT2D eigenvalue weighted by atomic mass is 9.95. The largest absolute Gasteiger partial charge is 0.448 e. The maximum absolute atomic E-state index is 5.29. The van der Waals surface area contributed by atoms with Gasteiger partial charge in [-0.2, -0.15) is 0 Å². The molecule has 0 saturated carbocycles. The van der Waals surface area contributed by atoms with E-state index in [0.717, 1.165) is 0 Å². The lowest BCUT2D eigenvalue weighted by Crippen LogP contribution is -2.14. The molecule has 0 aromatic heterocycles. The molecule has 1 heterocycles. The highest BCUT2D eigenvalue weighted by Crippen LogP contribution is 2.25. The van der Waals surface area contributed by atoms with Crippen LogP contribution in [0.5, 0.6) is 0 Å². The number of allylic oxidation sites excluding steroid dienone is 1. The van der Waals surface area contributed by atoms with Gasteiger partial charge in [-0.05, 0) is 19.4 Å². The maximum Gasteiger partial charge on any atom is 0.189 e. The van der Waals surface area contributed by atoms with Crippen molar-refractivity contribution in [2.45, 2.75) is 97.3 Å². The average molecular weight is 308 g/mol. The van der Waals surface area contributed by atoms with Crippen molar-refractivity contribution in [2.24, 2.45) is 5.92 Å². The van der Waals surface area contributed by atoms with Crippen molar-refractivity contribution in [3.63, 3.8) is 0 Å². The van der Waals surface area contributed by atoms with Crippen LogP contribution in [0.2, 0.25) is 0 Å². The molecular formula is C20H37NO. The van der Waals surface area contributed by atoms with Crippen molar-refractivity contribution in [3.8, 4) is 0 Å². The van der Waals surface area contributed by atoms with Crippen molar-refractivity contribution in [1.29, 1.82) is 0 Å². The second-order valence-corrected chi connectivity index (χ2v) is 6.67. The van der Waals surface area contributed by atoms with Crippen molar-refractivity contribution < 1.29 is 4.74 Å². The number of rotatable bonds is 14. The molecule has 2 nitrogen and oxygen atoms in total. The van der Waals surface area contributed by atoms with Crippen LogP contribution in [-0.4, -0.2) is 0 Å². The topological polar surface area (TPSA) is 21.3 Å². The van der Waals surface area contributed by atoms with E-state index in [0.29, 0.717) is 11.8 Å². The van der Waals surface area contributed by atoms with Crippen molar-refractivity contribution >= 4 is 0 Å². The van der Waals surface area contributed by atoms with Crippen LogP contribution in [0.15, 0.2) is 24.4 Å². The highest BCUT2D eigenvalue weighted by molar-refractivity contribution is 5.12. The predicted molar refractivity (Wildman–Crippen MR) is 96.3 cm³/mol. The lowest BCUT2D eigenvalue weighted by Gasteiger charge is -2.15. The highest BCUT2D eigenvalue weighted by Gasteiger charge is 2.17. The summed E-state index contributed by atoms with van der Waals surface area (Å²) in [5.41, 5.74) is 1.22. The van der Waals surface area contributed by atoms with E-state index in [9.17, 15) is 0 Å². The van der Waals surface area contributed by atoms with E-state index in [-0.39, 0.29) is 0 Å². The molecule has 0 amide bonds. The SMILES string of the molecule is C=C1NC(C(CC)CCCCCCCCCCCCC)=CO1. The normalized spacial score (nSPS) is 15.4. The molecule has 2 heteroatoms. The molecule has 128 valence electrons. The van der Waals surface area contributed by atoms with E-state index >= 15 is 0 Å². The smallest absolute Gasteiger partial charge is 0.189 e. The molecule has 22 heavy (non-hydrogen) atoms. The third kappa shape index (κ3) is 8.51. The Kier molecular flexibility index (Phi) is 11.0. The molecule has 1 aliphatic rings. The molecule has 1 aliphatic heterocycles. The maximum atomic E-state index is 5.29. The Balaban J connectivity index is 1.91. The highest BCUT2D eigenvalue weighted by atomic mass is 16.5. The molecule has 1 unspecified atom stereocenters. The summed E-state index contributed by atoms with van der Waals surface area (Å²) < 4.78 is 5.29. The Bertz CT molecular complexity index is 322. The molecule has 0 spiro atoms. The fourth-order valence-electron chi connectivity index (χ4n) is 3.19. The summed E-state index contributed by atoms with van der Waals surface area (Å²) in [7, 11) is 0. The van der Waals surface area contributed by atoms with Gasteiger partial charge in [0.05, 0.1) is 5.70 Å². The summed E-state index contributed by atoms with van der Waals surface area (Å²) in [6.07, 6.45) is 19.8. The molecular weight excluding hydrogens is 270 g/mol. The molecule has 0 radical (unpaired) electrons. The first-order valence-electron chi connectivity index (χ1n) is 9.60. The number of unbranched alkanes of at least 4 members (excludes halogenated alkanes) is 10. The van der Waals surface area contributed by atoms with Gasteiger partial charge in [-0.3, -0.25) is 0 Å². The standard InChI is InChI=1S/C20H37NO/c1-4-6-7-8-9-10-11-12-13-14-15-16-19(5-2)20-17-22-18(3)21-20/h17,19,21H,3-16H2,1-2H3. The summed E-state index contributed by atoms with van der Waals surface area (Å²) in [6, 6.07) is 0. The fraction of sp³-hybridized carbons (Fsp3) is 0.800. The Hall–Kier alpha value is -0.920. The Morgan fingerprint density at radius 3 is 1.91 bits per heavy atom. The van der Waals surface area contributed by atoms with E-state index in [1.165, 1.54) is 89.2 Å². The van der Waals surface area contributed by atoms with Crippen LogP contribution in [-0.2, 0) is 4.74 Å². The first kappa shape index (κ1) is 19.1. The first-order valence-corrected chi connectivity index (χ1v) is 9.60. The zero-order chi connectivity index (χ0) is 16.0. The van der Waals surface area contributed by atoms with E-state index in [2.05, 4.69) is 25.7 Å². The average Bonchev–Trinajstić information content (AvgIpc) is 2.95. The fourth-order valence-corrected chi connectivity index (χ4v) is 3.19. The summed E-state index contributed by atoms with van der Waals surface area (Å²) >= 11 is 0. The Labute approximate surface area is 138 Å². The predicted octanol–water partition coefficient (Wildman–Crippen LogP) is 6.65.